The topological polar surface area (TPSA) is 33.5 Å². The first kappa shape index (κ1) is 35.0. The molecular formula is C50H33N4OPt-3. The van der Waals surface area contributed by atoms with Crippen LogP contribution in [-0.4, -0.2) is 9.78 Å². The average molecular weight is 901 g/mol. The molecule has 0 bridgehead atoms. The molecule has 56 heavy (non-hydrogen) atoms. The quantitative estimate of drug-likeness (QED) is 0.142. The van der Waals surface area contributed by atoms with E-state index < -0.39 is 0 Å². The molecule has 1 aromatic heterocycles. The fraction of sp³-hybridized carbons (Fsp3) is 0. The van der Waals surface area contributed by atoms with Crippen molar-refractivity contribution in [3.63, 3.8) is 0 Å². The molecule has 0 unspecified atom stereocenters. The minimum atomic E-state index is 0. The van der Waals surface area contributed by atoms with Crippen molar-refractivity contribution >= 4 is 33.5 Å². The minimum Gasteiger partial charge on any atom is -0.509 e. The summed E-state index contributed by atoms with van der Waals surface area (Å²) in [5.74, 6) is 1.16. The van der Waals surface area contributed by atoms with E-state index in [1.54, 1.807) is 0 Å². The van der Waals surface area contributed by atoms with Gasteiger partial charge in [0, 0.05) is 77.9 Å². The Kier molecular flexibility index (Phi) is 9.52. The van der Waals surface area contributed by atoms with Crippen LogP contribution < -0.4 is 14.5 Å². The minimum absolute atomic E-state index is 0. The van der Waals surface area contributed by atoms with E-state index in [-0.39, 0.29) is 21.1 Å². The molecular weight excluding hydrogens is 868 g/mol. The Morgan fingerprint density at radius 3 is 1.71 bits per heavy atom. The SMILES string of the molecule is [Pt].[c-]1c(Oc2[c-]c(-n3cc(-c4ccccc4)cn3)ccc2)cccc1N1[CH-]N(c2c(-c3ccccc3)cccc2-c2ccccc2)c2c1ccc1ccccc21. The van der Waals surface area contributed by atoms with Gasteiger partial charge >= 0.3 is 0 Å². The second kappa shape index (κ2) is 15.2. The van der Waals surface area contributed by atoms with Gasteiger partial charge in [-0.25, -0.2) is 0 Å². The number of aromatic nitrogens is 2. The Bertz CT molecular complexity index is 2730. The van der Waals surface area contributed by atoms with Crippen LogP contribution in [0.15, 0.2) is 194 Å². The fourth-order valence-electron chi connectivity index (χ4n) is 7.41. The summed E-state index contributed by atoms with van der Waals surface area (Å²) >= 11 is 0. The molecule has 10 rings (SSSR count). The van der Waals surface area contributed by atoms with Gasteiger partial charge in [-0.1, -0.05) is 140 Å². The van der Waals surface area contributed by atoms with Crippen molar-refractivity contribution in [2.75, 3.05) is 9.80 Å². The molecule has 0 atom stereocenters. The maximum atomic E-state index is 6.45. The monoisotopic (exact) mass is 900 g/mol. The summed E-state index contributed by atoms with van der Waals surface area (Å²) in [6.45, 7) is 2.19. The van der Waals surface area contributed by atoms with Crippen molar-refractivity contribution in [3.8, 4) is 50.6 Å². The smallest absolute Gasteiger partial charge is 0.0571 e. The molecule has 1 aliphatic rings. The van der Waals surface area contributed by atoms with E-state index in [1.165, 1.54) is 5.39 Å². The normalized spacial score (nSPS) is 12.0. The molecule has 0 aliphatic carbocycles. The van der Waals surface area contributed by atoms with Crippen molar-refractivity contribution in [2.24, 2.45) is 0 Å². The largest absolute Gasteiger partial charge is 0.509 e. The third-order valence-electron chi connectivity index (χ3n) is 9.98. The van der Waals surface area contributed by atoms with Crippen LogP contribution in [0.4, 0.5) is 22.7 Å². The van der Waals surface area contributed by atoms with Crippen molar-refractivity contribution in [1.82, 2.24) is 9.78 Å². The van der Waals surface area contributed by atoms with E-state index >= 15 is 0 Å². The summed E-state index contributed by atoms with van der Waals surface area (Å²) in [4.78, 5) is 4.56. The van der Waals surface area contributed by atoms with Crippen LogP contribution >= 0.6 is 0 Å². The van der Waals surface area contributed by atoms with Gasteiger partial charge in [-0.2, -0.15) is 17.2 Å². The summed E-state index contributed by atoms with van der Waals surface area (Å²) in [6.07, 6.45) is 3.87. The predicted molar refractivity (Wildman–Crippen MR) is 223 cm³/mol. The third-order valence-corrected chi connectivity index (χ3v) is 9.98. The average Bonchev–Trinajstić information content (AvgIpc) is 3.91. The molecule has 0 radical (unpaired) electrons. The van der Waals surface area contributed by atoms with Gasteiger partial charge in [0.25, 0.3) is 0 Å². The molecule has 0 saturated carbocycles. The molecule has 0 fully saturated rings. The van der Waals surface area contributed by atoms with Crippen LogP contribution in [0, 0.1) is 18.8 Å². The Morgan fingerprint density at radius 2 is 1.04 bits per heavy atom. The summed E-state index contributed by atoms with van der Waals surface area (Å²) in [5.41, 5.74) is 11.6. The molecule has 0 N–H and O–H groups in total. The molecule has 0 saturated heterocycles. The van der Waals surface area contributed by atoms with Crippen molar-refractivity contribution in [2.45, 2.75) is 0 Å². The molecule has 0 spiro atoms. The molecule has 2 heterocycles. The van der Waals surface area contributed by atoms with Gasteiger partial charge in [0.1, 0.15) is 0 Å². The first-order valence-electron chi connectivity index (χ1n) is 18.3. The molecule has 8 aromatic carbocycles. The molecule has 5 nitrogen and oxygen atoms in total. The van der Waals surface area contributed by atoms with Crippen molar-refractivity contribution in [1.29, 1.82) is 0 Å². The van der Waals surface area contributed by atoms with Crippen LogP contribution in [0.3, 0.4) is 0 Å². The number of hydrogen-bond acceptors (Lipinski definition) is 4. The van der Waals surface area contributed by atoms with Crippen LogP contribution in [0.2, 0.25) is 0 Å². The standard InChI is InChI=1S/C50H33N4O.Pt/c1-4-15-36(16-5-1)40-33-51-54(34-40)42-23-13-25-44(32-42)55-43-24-12-22-41(31-43)52-35-53(50-47-26-11-10-21-39(47)29-30-48(50)52)49-45(37-17-6-2-7-18-37)27-14-28-46(49)38-19-8-3-9-20-38;/h1-30,33-35H;/q-3;. The molecule has 0 amide bonds. The number of hydrogen-bond donors (Lipinski definition) is 0. The van der Waals surface area contributed by atoms with E-state index in [0.29, 0.717) is 11.5 Å². The van der Waals surface area contributed by atoms with Crippen LogP contribution in [0.1, 0.15) is 0 Å². The second-order valence-electron chi connectivity index (χ2n) is 13.4. The Hall–Kier alpha value is -6.68. The van der Waals surface area contributed by atoms with Gasteiger partial charge in [-0.15, -0.1) is 48.8 Å². The van der Waals surface area contributed by atoms with Crippen LogP contribution in [-0.2, 0) is 21.1 Å². The summed E-state index contributed by atoms with van der Waals surface area (Å²) in [7, 11) is 0. The molecule has 6 heteroatoms. The number of ether oxygens (including phenoxy) is 1. The third kappa shape index (κ3) is 6.57. The van der Waals surface area contributed by atoms with E-state index in [1.807, 2.05) is 65.6 Å². The number of nitrogens with zero attached hydrogens (tertiary/aromatic N) is 4. The van der Waals surface area contributed by atoms with Gasteiger partial charge in [0.2, 0.25) is 0 Å². The first-order chi connectivity index (χ1) is 27.3. The number of fused-ring (bicyclic) bond motifs is 3. The van der Waals surface area contributed by atoms with E-state index in [4.69, 9.17) is 4.74 Å². The maximum Gasteiger partial charge on any atom is 0.0571 e. The van der Waals surface area contributed by atoms with Crippen LogP contribution in [0.25, 0.3) is 49.8 Å². The van der Waals surface area contributed by atoms with E-state index in [9.17, 15) is 0 Å². The Labute approximate surface area is 341 Å². The summed E-state index contributed by atoms with van der Waals surface area (Å²) in [6, 6.07) is 69.9. The van der Waals surface area contributed by atoms with Gasteiger partial charge in [0.05, 0.1) is 6.20 Å². The van der Waals surface area contributed by atoms with Crippen molar-refractivity contribution < 1.29 is 25.8 Å². The second-order valence-corrected chi connectivity index (χ2v) is 13.4. The zero-order valence-corrected chi connectivity index (χ0v) is 32.3. The zero-order valence-electron chi connectivity index (χ0n) is 30.1. The van der Waals surface area contributed by atoms with Crippen LogP contribution in [0.5, 0.6) is 11.5 Å². The summed E-state index contributed by atoms with van der Waals surface area (Å²) in [5, 5.41) is 6.94. The number of anilines is 4. The molecule has 272 valence electrons. The fourth-order valence-corrected chi connectivity index (χ4v) is 7.41. The predicted octanol–water partition coefficient (Wildman–Crippen LogP) is 12.8. The van der Waals surface area contributed by atoms with Gasteiger partial charge in [0.15, 0.2) is 0 Å². The Morgan fingerprint density at radius 1 is 0.464 bits per heavy atom. The molecule has 9 aromatic rings. The zero-order chi connectivity index (χ0) is 36.6. The summed E-state index contributed by atoms with van der Waals surface area (Å²) < 4.78 is 8.27. The number of benzene rings is 8. The van der Waals surface area contributed by atoms with E-state index in [0.717, 1.165) is 67.2 Å². The van der Waals surface area contributed by atoms with Gasteiger partial charge in [-0.3, -0.25) is 4.68 Å². The number of rotatable bonds is 8. The van der Waals surface area contributed by atoms with E-state index in [2.05, 4.69) is 167 Å². The maximum absolute atomic E-state index is 6.45. The molecule has 1 aliphatic heterocycles. The van der Waals surface area contributed by atoms with Crippen molar-refractivity contribution in [3.05, 3.63) is 213 Å². The van der Waals surface area contributed by atoms with Gasteiger partial charge < -0.3 is 14.5 Å². The Balaban J connectivity index is 0.00000410. The first-order valence-corrected chi connectivity index (χ1v) is 18.3. The number of para-hydroxylation sites is 1. The van der Waals surface area contributed by atoms with Gasteiger partial charge in [-0.05, 0) is 33.8 Å².